The van der Waals surface area contributed by atoms with E-state index in [1.54, 1.807) is 11.9 Å². The van der Waals surface area contributed by atoms with Crippen LogP contribution in [0.1, 0.15) is 59.3 Å². The van der Waals surface area contributed by atoms with E-state index in [1.807, 2.05) is 13.8 Å². The summed E-state index contributed by atoms with van der Waals surface area (Å²) in [6.45, 7) is 6.13. The van der Waals surface area contributed by atoms with Gasteiger partial charge in [-0.3, -0.25) is 0 Å². The smallest absolute Gasteiger partial charge is 0.326 e. The number of aliphatic carboxylic acids is 1. The van der Waals surface area contributed by atoms with Crippen molar-refractivity contribution in [3.63, 3.8) is 0 Å². The fourth-order valence-corrected chi connectivity index (χ4v) is 3.05. The van der Waals surface area contributed by atoms with Crippen molar-refractivity contribution in [2.45, 2.75) is 71.4 Å². The van der Waals surface area contributed by atoms with E-state index in [0.717, 1.165) is 31.6 Å². The van der Waals surface area contributed by atoms with E-state index in [4.69, 9.17) is 0 Å². The lowest BCUT2D eigenvalue weighted by Gasteiger charge is -2.35. The molecule has 0 spiro atoms. The number of carboxylic acid groups (broad SMARTS) is 1. The van der Waals surface area contributed by atoms with Gasteiger partial charge in [0.2, 0.25) is 0 Å². The summed E-state index contributed by atoms with van der Waals surface area (Å²) in [4.78, 5) is 25.2. The lowest BCUT2D eigenvalue weighted by molar-refractivity contribution is -0.139. The first kappa shape index (κ1) is 17.8. The zero-order valence-electron chi connectivity index (χ0n) is 13.8. The molecule has 0 aromatic carbocycles. The summed E-state index contributed by atoms with van der Waals surface area (Å²) in [6, 6.07) is -0.823. The van der Waals surface area contributed by atoms with Gasteiger partial charge in [-0.2, -0.15) is 0 Å². The summed E-state index contributed by atoms with van der Waals surface area (Å²) >= 11 is 0. The molecule has 1 aliphatic rings. The molecule has 1 unspecified atom stereocenters. The molecule has 1 aliphatic carbocycles. The van der Waals surface area contributed by atoms with Gasteiger partial charge in [0.1, 0.15) is 6.04 Å². The Morgan fingerprint density at radius 2 is 1.81 bits per heavy atom. The normalized spacial score (nSPS) is 23.7. The first-order chi connectivity index (χ1) is 9.85. The standard InChI is InChI=1S/C16H30N2O3/c1-5-12-6-8-13(9-7-12)18(4)16(21)17-14(15(19)20)10-11(2)3/h11-14H,5-10H2,1-4H3,(H,17,21)(H,19,20). The molecule has 2 N–H and O–H groups in total. The minimum atomic E-state index is -0.958. The lowest BCUT2D eigenvalue weighted by Crippen LogP contribution is -2.50. The van der Waals surface area contributed by atoms with Crippen LogP contribution in [0.15, 0.2) is 0 Å². The number of urea groups is 1. The van der Waals surface area contributed by atoms with Crippen molar-refractivity contribution in [1.82, 2.24) is 10.2 Å². The van der Waals surface area contributed by atoms with Crippen molar-refractivity contribution in [1.29, 1.82) is 0 Å². The maximum absolute atomic E-state index is 12.2. The molecule has 0 bridgehead atoms. The maximum atomic E-state index is 12.2. The van der Waals surface area contributed by atoms with Gasteiger partial charge in [0.15, 0.2) is 0 Å². The summed E-state index contributed by atoms with van der Waals surface area (Å²) in [5.74, 6) is 0.0576. The number of nitrogens with zero attached hydrogens (tertiary/aromatic N) is 1. The van der Waals surface area contributed by atoms with Crippen LogP contribution in [0.3, 0.4) is 0 Å². The summed E-state index contributed by atoms with van der Waals surface area (Å²) in [5, 5.41) is 11.9. The Kier molecular flexibility index (Phi) is 6.99. The molecule has 0 aromatic heterocycles. The highest BCUT2D eigenvalue weighted by molar-refractivity contribution is 5.82. The average molecular weight is 298 g/mol. The van der Waals surface area contributed by atoms with E-state index >= 15 is 0 Å². The van der Waals surface area contributed by atoms with E-state index in [2.05, 4.69) is 12.2 Å². The largest absolute Gasteiger partial charge is 0.480 e. The molecule has 1 saturated carbocycles. The van der Waals surface area contributed by atoms with Crippen LogP contribution in [0.4, 0.5) is 4.79 Å². The van der Waals surface area contributed by atoms with Gasteiger partial charge in [-0.15, -0.1) is 0 Å². The molecule has 1 rings (SSSR count). The second-order valence-corrected chi connectivity index (χ2v) is 6.66. The molecular formula is C16H30N2O3. The molecule has 5 nitrogen and oxygen atoms in total. The molecule has 0 radical (unpaired) electrons. The molecule has 0 aliphatic heterocycles. The molecule has 0 saturated heterocycles. The molecule has 1 atom stereocenters. The van der Waals surface area contributed by atoms with Gasteiger partial charge in [0.05, 0.1) is 0 Å². The second kappa shape index (κ2) is 8.25. The molecule has 21 heavy (non-hydrogen) atoms. The van der Waals surface area contributed by atoms with Crippen LogP contribution in [0.25, 0.3) is 0 Å². The first-order valence-electron chi connectivity index (χ1n) is 8.11. The highest BCUT2D eigenvalue weighted by Crippen LogP contribution is 2.28. The van der Waals surface area contributed by atoms with Crippen LogP contribution in [-0.2, 0) is 4.79 Å². The third kappa shape index (κ3) is 5.56. The second-order valence-electron chi connectivity index (χ2n) is 6.66. The van der Waals surface area contributed by atoms with Crippen molar-refractivity contribution in [3.05, 3.63) is 0 Å². The Morgan fingerprint density at radius 1 is 1.24 bits per heavy atom. The Morgan fingerprint density at radius 3 is 2.24 bits per heavy atom. The number of carbonyl (C=O) groups is 2. The minimum absolute atomic E-state index is 0.233. The SMILES string of the molecule is CCC1CCC(N(C)C(=O)NC(CC(C)C)C(=O)O)CC1. The van der Waals surface area contributed by atoms with Gasteiger partial charge < -0.3 is 15.3 Å². The quantitative estimate of drug-likeness (QED) is 0.791. The Bertz CT molecular complexity index is 349. The van der Waals surface area contributed by atoms with Gasteiger partial charge >= 0.3 is 12.0 Å². The fraction of sp³-hybridized carbons (Fsp3) is 0.875. The molecule has 0 heterocycles. The van der Waals surface area contributed by atoms with Crippen LogP contribution in [0, 0.1) is 11.8 Å². The minimum Gasteiger partial charge on any atom is -0.480 e. The number of amides is 2. The predicted molar refractivity (Wildman–Crippen MR) is 83.2 cm³/mol. The Balaban J connectivity index is 2.51. The van der Waals surface area contributed by atoms with Gasteiger partial charge in [0, 0.05) is 13.1 Å². The van der Waals surface area contributed by atoms with E-state index in [1.165, 1.54) is 6.42 Å². The fourth-order valence-electron chi connectivity index (χ4n) is 3.05. The van der Waals surface area contributed by atoms with Crippen LogP contribution < -0.4 is 5.32 Å². The van der Waals surface area contributed by atoms with Crippen LogP contribution >= 0.6 is 0 Å². The van der Waals surface area contributed by atoms with Crippen molar-refractivity contribution < 1.29 is 14.7 Å². The number of carboxylic acids is 1. The van der Waals surface area contributed by atoms with E-state index in [9.17, 15) is 14.7 Å². The summed E-state index contributed by atoms with van der Waals surface area (Å²) < 4.78 is 0. The zero-order chi connectivity index (χ0) is 16.0. The predicted octanol–water partition coefficient (Wildman–Crippen LogP) is 3.10. The van der Waals surface area contributed by atoms with Crippen molar-refractivity contribution in [2.75, 3.05) is 7.05 Å². The van der Waals surface area contributed by atoms with Crippen LogP contribution in [0.5, 0.6) is 0 Å². The number of nitrogens with one attached hydrogen (secondary N) is 1. The Hall–Kier alpha value is -1.26. The highest BCUT2D eigenvalue weighted by Gasteiger charge is 2.28. The number of carbonyl (C=O) groups excluding carboxylic acids is 1. The molecule has 1 fully saturated rings. The van der Waals surface area contributed by atoms with Crippen molar-refractivity contribution in [3.8, 4) is 0 Å². The average Bonchev–Trinajstić information content (AvgIpc) is 2.45. The molecular weight excluding hydrogens is 268 g/mol. The van der Waals surface area contributed by atoms with Gasteiger partial charge in [0.25, 0.3) is 0 Å². The van der Waals surface area contributed by atoms with E-state index in [0.29, 0.717) is 6.42 Å². The maximum Gasteiger partial charge on any atom is 0.326 e. The van der Waals surface area contributed by atoms with Gasteiger partial charge in [-0.1, -0.05) is 27.2 Å². The van der Waals surface area contributed by atoms with Crippen molar-refractivity contribution >= 4 is 12.0 Å². The Labute approximate surface area is 128 Å². The van der Waals surface area contributed by atoms with E-state index < -0.39 is 12.0 Å². The van der Waals surface area contributed by atoms with Crippen LogP contribution in [-0.4, -0.2) is 41.1 Å². The monoisotopic (exact) mass is 298 g/mol. The van der Waals surface area contributed by atoms with Crippen molar-refractivity contribution in [2.24, 2.45) is 11.8 Å². The zero-order valence-corrected chi connectivity index (χ0v) is 13.8. The number of hydrogen-bond acceptors (Lipinski definition) is 2. The third-order valence-electron chi connectivity index (χ3n) is 4.56. The molecule has 122 valence electrons. The number of rotatable bonds is 6. The van der Waals surface area contributed by atoms with E-state index in [-0.39, 0.29) is 18.0 Å². The molecule has 5 heteroatoms. The molecule has 2 amide bonds. The lowest BCUT2D eigenvalue weighted by atomic mass is 9.84. The topological polar surface area (TPSA) is 69.6 Å². The summed E-state index contributed by atoms with van der Waals surface area (Å²) in [6.07, 6.45) is 6.02. The third-order valence-corrected chi connectivity index (χ3v) is 4.56. The first-order valence-corrected chi connectivity index (χ1v) is 8.11. The highest BCUT2D eigenvalue weighted by atomic mass is 16.4. The van der Waals surface area contributed by atoms with Gasteiger partial charge in [-0.05, 0) is 43.9 Å². The summed E-state index contributed by atoms with van der Waals surface area (Å²) in [7, 11) is 1.78. The molecule has 0 aromatic rings. The van der Waals surface area contributed by atoms with Gasteiger partial charge in [-0.25, -0.2) is 9.59 Å². The number of hydrogen-bond donors (Lipinski definition) is 2. The summed E-state index contributed by atoms with van der Waals surface area (Å²) in [5.41, 5.74) is 0. The van der Waals surface area contributed by atoms with Crippen LogP contribution in [0.2, 0.25) is 0 Å².